The first-order valence-corrected chi connectivity index (χ1v) is 10.7. The lowest BCUT2D eigenvalue weighted by molar-refractivity contribution is -0.896. The van der Waals surface area contributed by atoms with Gasteiger partial charge in [0.05, 0.1) is 31.1 Å². The zero-order chi connectivity index (χ0) is 17.9. The van der Waals surface area contributed by atoms with E-state index < -0.39 is 10.0 Å². The van der Waals surface area contributed by atoms with Crippen molar-refractivity contribution in [3.05, 3.63) is 29.3 Å². The SMILES string of the molecule is O=C(C[NH+]1CCN(S(=O)(=O)c2cccc(Cl)c2)CC1)N1CCCCC1. The van der Waals surface area contributed by atoms with Gasteiger partial charge in [0.1, 0.15) is 0 Å². The highest BCUT2D eigenvalue weighted by molar-refractivity contribution is 7.89. The van der Waals surface area contributed by atoms with Gasteiger partial charge in [-0.3, -0.25) is 4.79 Å². The molecule has 2 heterocycles. The van der Waals surface area contributed by atoms with Crippen molar-refractivity contribution in [3.8, 4) is 0 Å². The molecule has 0 unspecified atom stereocenters. The van der Waals surface area contributed by atoms with Crippen LogP contribution in [0.1, 0.15) is 19.3 Å². The summed E-state index contributed by atoms with van der Waals surface area (Å²) in [5.41, 5.74) is 0. The molecule has 0 bridgehead atoms. The maximum Gasteiger partial charge on any atom is 0.277 e. The highest BCUT2D eigenvalue weighted by atomic mass is 35.5. The van der Waals surface area contributed by atoms with E-state index in [4.69, 9.17) is 11.6 Å². The maximum absolute atomic E-state index is 12.7. The van der Waals surface area contributed by atoms with Crippen LogP contribution >= 0.6 is 11.6 Å². The molecule has 0 atom stereocenters. The van der Waals surface area contributed by atoms with Crippen molar-refractivity contribution < 1.29 is 18.1 Å². The lowest BCUT2D eigenvalue weighted by Gasteiger charge is -2.33. The largest absolute Gasteiger partial charge is 0.338 e. The van der Waals surface area contributed by atoms with E-state index in [2.05, 4.69) is 0 Å². The number of benzene rings is 1. The summed E-state index contributed by atoms with van der Waals surface area (Å²) in [6, 6.07) is 6.36. The van der Waals surface area contributed by atoms with E-state index in [0.717, 1.165) is 30.8 Å². The molecule has 2 fully saturated rings. The van der Waals surface area contributed by atoms with Gasteiger partial charge in [-0.15, -0.1) is 0 Å². The minimum absolute atomic E-state index is 0.195. The van der Waals surface area contributed by atoms with Gasteiger partial charge in [-0.25, -0.2) is 8.42 Å². The Balaban J connectivity index is 1.55. The summed E-state index contributed by atoms with van der Waals surface area (Å²) >= 11 is 5.91. The second kappa shape index (κ2) is 8.03. The number of nitrogens with one attached hydrogen (secondary N) is 1. The van der Waals surface area contributed by atoms with Crippen LogP contribution in [0.3, 0.4) is 0 Å². The Bertz CT molecular complexity index is 712. The van der Waals surface area contributed by atoms with Crippen molar-refractivity contribution in [1.29, 1.82) is 0 Å². The number of piperazine rings is 1. The lowest BCUT2D eigenvalue weighted by Crippen LogP contribution is -3.15. The summed E-state index contributed by atoms with van der Waals surface area (Å²) in [5, 5.41) is 0.414. The molecule has 2 saturated heterocycles. The Labute approximate surface area is 154 Å². The molecule has 25 heavy (non-hydrogen) atoms. The van der Waals surface area contributed by atoms with Gasteiger partial charge in [0.25, 0.3) is 5.91 Å². The van der Waals surface area contributed by atoms with Gasteiger partial charge >= 0.3 is 0 Å². The molecule has 8 heteroatoms. The number of hydrogen-bond acceptors (Lipinski definition) is 3. The predicted octanol–water partition coefficient (Wildman–Crippen LogP) is 0.242. The number of amides is 1. The molecule has 2 aliphatic rings. The van der Waals surface area contributed by atoms with Crippen molar-refractivity contribution >= 4 is 27.5 Å². The van der Waals surface area contributed by atoms with E-state index in [9.17, 15) is 13.2 Å². The first-order valence-electron chi connectivity index (χ1n) is 8.84. The first-order chi connectivity index (χ1) is 12.0. The number of carbonyl (C=O) groups excluding carboxylic acids is 1. The third kappa shape index (κ3) is 4.53. The summed E-state index contributed by atoms with van der Waals surface area (Å²) in [7, 11) is -3.52. The number of quaternary nitrogens is 1. The van der Waals surface area contributed by atoms with E-state index in [0.29, 0.717) is 37.7 Å². The normalized spacial score (nSPS) is 20.6. The third-order valence-electron chi connectivity index (χ3n) is 4.97. The minimum atomic E-state index is -3.52. The molecule has 0 radical (unpaired) electrons. The molecule has 6 nitrogen and oxygen atoms in total. The van der Waals surface area contributed by atoms with E-state index in [1.807, 2.05) is 4.90 Å². The summed E-state index contributed by atoms with van der Waals surface area (Å²) in [6.07, 6.45) is 3.39. The van der Waals surface area contributed by atoms with Crippen molar-refractivity contribution in [3.63, 3.8) is 0 Å². The number of nitrogens with zero attached hydrogens (tertiary/aromatic N) is 2. The van der Waals surface area contributed by atoms with Crippen LogP contribution in [-0.2, 0) is 14.8 Å². The van der Waals surface area contributed by atoms with E-state index in [1.54, 1.807) is 18.2 Å². The molecule has 0 saturated carbocycles. The summed E-state index contributed by atoms with van der Waals surface area (Å²) in [4.78, 5) is 15.7. The standard InChI is InChI=1S/C17H24ClN3O3S/c18-15-5-4-6-16(13-15)25(23,24)21-11-9-19(10-12-21)14-17(22)20-7-2-1-3-8-20/h4-6,13H,1-3,7-12,14H2/p+1. The fourth-order valence-corrected chi connectivity index (χ4v) is 5.21. The summed E-state index contributed by atoms with van der Waals surface area (Å²) in [6.45, 7) is 4.35. The van der Waals surface area contributed by atoms with Crippen LogP contribution in [-0.4, -0.2) is 69.3 Å². The van der Waals surface area contributed by atoms with E-state index in [1.165, 1.54) is 16.8 Å². The smallest absolute Gasteiger partial charge is 0.277 e. The van der Waals surface area contributed by atoms with Crippen molar-refractivity contribution in [2.75, 3.05) is 45.8 Å². The summed E-state index contributed by atoms with van der Waals surface area (Å²) < 4.78 is 26.9. The van der Waals surface area contributed by atoms with Crippen molar-refractivity contribution in [2.45, 2.75) is 24.2 Å². The predicted molar refractivity (Wildman–Crippen MR) is 96.2 cm³/mol. The van der Waals surface area contributed by atoms with Crippen LogP contribution in [0.15, 0.2) is 29.2 Å². The van der Waals surface area contributed by atoms with Crippen molar-refractivity contribution in [2.24, 2.45) is 0 Å². The second-order valence-electron chi connectivity index (χ2n) is 6.73. The molecular weight excluding hydrogens is 362 g/mol. The quantitative estimate of drug-likeness (QED) is 0.806. The van der Waals surface area contributed by atoms with Crippen LogP contribution in [0.4, 0.5) is 0 Å². The number of halogens is 1. The van der Waals surface area contributed by atoms with Crippen LogP contribution in [0.2, 0.25) is 5.02 Å². The van der Waals surface area contributed by atoms with Crippen LogP contribution < -0.4 is 4.90 Å². The molecule has 0 aliphatic carbocycles. The average molecular weight is 387 g/mol. The summed E-state index contributed by atoms with van der Waals surface area (Å²) in [5.74, 6) is 0.195. The zero-order valence-corrected chi connectivity index (χ0v) is 15.9. The molecular formula is C17H25ClN3O3S+. The Morgan fingerprint density at radius 2 is 1.76 bits per heavy atom. The number of likely N-dealkylation sites (tertiary alicyclic amines) is 1. The van der Waals surface area contributed by atoms with Crippen LogP contribution in [0.25, 0.3) is 0 Å². The highest BCUT2D eigenvalue weighted by Crippen LogP contribution is 2.19. The van der Waals surface area contributed by atoms with Crippen LogP contribution in [0, 0.1) is 0 Å². The topological polar surface area (TPSA) is 62.1 Å². The van der Waals surface area contributed by atoms with Gasteiger partial charge in [0.2, 0.25) is 10.0 Å². The van der Waals surface area contributed by atoms with Gasteiger partial charge in [0, 0.05) is 18.1 Å². The molecule has 138 valence electrons. The minimum Gasteiger partial charge on any atom is -0.338 e. The van der Waals surface area contributed by atoms with E-state index >= 15 is 0 Å². The zero-order valence-electron chi connectivity index (χ0n) is 14.3. The van der Waals surface area contributed by atoms with Gasteiger partial charge in [-0.05, 0) is 37.5 Å². The second-order valence-corrected chi connectivity index (χ2v) is 9.10. The Morgan fingerprint density at radius 3 is 2.40 bits per heavy atom. The monoisotopic (exact) mass is 386 g/mol. The van der Waals surface area contributed by atoms with Gasteiger partial charge in [0.15, 0.2) is 6.54 Å². The average Bonchev–Trinajstić information content (AvgIpc) is 2.63. The molecule has 1 aromatic carbocycles. The molecule has 2 aliphatic heterocycles. The molecule has 1 aromatic rings. The number of hydrogen-bond donors (Lipinski definition) is 1. The molecule has 1 amide bonds. The van der Waals surface area contributed by atoms with Gasteiger partial charge in [-0.2, -0.15) is 4.31 Å². The number of sulfonamides is 1. The first kappa shape index (κ1) is 18.6. The number of rotatable bonds is 4. The van der Waals surface area contributed by atoms with Crippen LogP contribution in [0.5, 0.6) is 0 Å². The lowest BCUT2D eigenvalue weighted by atomic mass is 10.1. The van der Waals surface area contributed by atoms with E-state index in [-0.39, 0.29) is 10.8 Å². The van der Waals surface area contributed by atoms with Gasteiger partial charge in [-0.1, -0.05) is 17.7 Å². The Hall–Kier alpha value is -1.15. The number of piperidine rings is 1. The Kier molecular flexibility index (Phi) is 5.99. The van der Waals surface area contributed by atoms with Gasteiger partial charge < -0.3 is 9.80 Å². The highest BCUT2D eigenvalue weighted by Gasteiger charge is 2.32. The fraction of sp³-hybridized carbons (Fsp3) is 0.588. The molecule has 0 aromatic heterocycles. The molecule has 0 spiro atoms. The number of carbonyl (C=O) groups is 1. The fourth-order valence-electron chi connectivity index (χ4n) is 3.47. The third-order valence-corrected chi connectivity index (χ3v) is 7.10. The Morgan fingerprint density at radius 1 is 1.08 bits per heavy atom. The molecule has 3 rings (SSSR count). The molecule has 1 N–H and O–H groups in total. The maximum atomic E-state index is 12.7. The van der Waals surface area contributed by atoms with Crippen molar-refractivity contribution in [1.82, 2.24) is 9.21 Å².